The fraction of sp³-hybridized carbons (Fsp3) is 0.611. The van der Waals surface area contributed by atoms with Crippen molar-refractivity contribution >= 4 is 18.3 Å². The Morgan fingerprint density at radius 3 is 2.23 bits per heavy atom. The second-order valence-electron chi connectivity index (χ2n) is 6.17. The summed E-state index contributed by atoms with van der Waals surface area (Å²) in [7, 11) is 0. The molecule has 1 aliphatic rings. The number of rotatable bonds is 5. The van der Waals surface area contributed by atoms with Crippen LogP contribution in [0.1, 0.15) is 60.0 Å². The average molecular weight is 325 g/mol. The summed E-state index contributed by atoms with van der Waals surface area (Å²) < 4.78 is 0. The minimum absolute atomic E-state index is 0. The molecule has 1 saturated carbocycles. The van der Waals surface area contributed by atoms with Crippen molar-refractivity contribution in [3.8, 4) is 0 Å². The van der Waals surface area contributed by atoms with Crippen LogP contribution in [0.4, 0.5) is 0 Å². The van der Waals surface area contributed by atoms with E-state index >= 15 is 0 Å². The summed E-state index contributed by atoms with van der Waals surface area (Å²) in [6.45, 7) is 5.54. The van der Waals surface area contributed by atoms with E-state index < -0.39 is 0 Å². The van der Waals surface area contributed by atoms with Gasteiger partial charge in [-0.1, -0.05) is 43.9 Å². The molecule has 1 aromatic rings. The highest BCUT2D eigenvalue weighted by atomic mass is 35.5. The van der Waals surface area contributed by atoms with Crippen LogP contribution >= 0.6 is 12.4 Å². The quantitative estimate of drug-likeness (QED) is 0.639. The summed E-state index contributed by atoms with van der Waals surface area (Å²) >= 11 is 0. The lowest BCUT2D eigenvalue weighted by atomic mass is 10.0. The van der Waals surface area contributed by atoms with E-state index in [0.717, 1.165) is 23.2 Å². The number of aryl methyl sites for hydroxylation is 2. The monoisotopic (exact) mass is 324 g/mol. The fourth-order valence-electron chi connectivity index (χ4n) is 3.20. The zero-order valence-electron chi connectivity index (χ0n) is 13.8. The molecule has 1 amide bonds. The standard InChI is InChI=1S/C18H28N2O.ClH/c1-14-8-7-9-15(2)17(14)18(21)20-13-12-19-16-10-5-3-4-6-11-16;/h7-9,16,19H,3-6,10-13H2,1-2H3,(H,20,21);1H. The van der Waals surface area contributed by atoms with Crippen LogP contribution in [0.25, 0.3) is 0 Å². The summed E-state index contributed by atoms with van der Waals surface area (Å²) in [5.74, 6) is 0.0493. The van der Waals surface area contributed by atoms with Gasteiger partial charge in [0.25, 0.3) is 5.91 Å². The Kier molecular flexibility index (Phi) is 8.51. The number of hydrogen-bond donors (Lipinski definition) is 2. The predicted octanol–water partition coefficient (Wildman–Crippen LogP) is 3.77. The van der Waals surface area contributed by atoms with E-state index in [2.05, 4.69) is 10.6 Å². The summed E-state index contributed by atoms with van der Waals surface area (Å²) in [5.41, 5.74) is 2.92. The Hall–Kier alpha value is -1.06. The third-order valence-electron chi connectivity index (χ3n) is 4.41. The first-order chi connectivity index (χ1) is 10.2. The summed E-state index contributed by atoms with van der Waals surface area (Å²) in [6.07, 6.45) is 8.00. The van der Waals surface area contributed by atoms with Crippen LogP contribution < -0.4 is 10.6 Å². The van der Waals surface area contributed by atoms with Gasteiger partial charge in [0.1, 0.15) is 0 Å². The highest BCUT2D eigenvalue weighted by molar-refractivity contribution is 5.97. The lowest BCUT2D eigenvalue weighted by Gasteiger charge is -2.16. The molecular weight excluding hydrogens is 296 g/mol. The van der Waals surface area contributed by atoms with E-state index in [1.165, 1.54) is 38.5 Å². The Morgan fingerprint density at radius 2 is 1.64 bits per heavy atom. The Labute approximate surface area is 140 Å². The van der Waals surface area contributed by atoms with Crippen LogP contribution in [0.15, 0.2) is 18.2 Å². The average Bonchev–Trinajstić information content (AvgIpc) is 2.72. The number of carbonyl (C=O) groups is 1. The Bertz CT molecular complexity index is 448. The van der Waals surface area contributed by atoms with Gasteiger partial charge in [-0.2, -0.15) is 0 Å². The van der Waals surface area contributed by atoms with Crippen LogP contribution in [0, 0.1) is 13.8 Å². The van der Waals surface area contributed by atoms with Crippen molar-refractivity contribution in [1.29, 1.82) is 0 Å². The molecule has 4 heteroatoms. The summed E-state index contributed by atoms with van der Waals surface area (Å²) in [5, 5.41) is 6.62. The van der Waals surface area contributed by atoms with Crippen molar-refractivity contribution in [3.05, 3.63) is 34.9 Å². The van der Waals surface area contributed by atoms with E-state index in [1.807, 2.05) is 32.0 Å². The molecule has 0 saturated heterocycles. The third kappa shape index (κ3) is 5.62. The lowest BCUT2D eigenvalue weighted by molar-refractivity contribution is 0.0952. The number of carbonyl (C=O) groups excluding carboxylic acids is 1. The minimum Gasteiger partial charge on any atom is -0.351 e. The maximum Gasteiger partial charge on any atom is 0.251 e. The zero-order valence-corrected chi connectivity index (χ0v) is 14.6. The number of benzene rings is 1. The lowest BCUT2D eigenvalue weighted by Crippen LogP contribution is -2.37. The van der Waals surface area contributed by atoms with Crippen molar-refractivity contribution in [2.75, 3.05) is 13.1 Å². The van der Waals surface area contributed by atoms with Crippen LogP contribution in [0.5, 0.6) is 0 Å². The zero-order chi connectivity index (χ0) is 15.1. The Morgan fingerprint density at radius 1 is 1.05 bits per heavy atom. The van der Waals surface area contributed by atoms with Gasteiger partial charge in [-0.25, -0.2) is 0 Å². The molecule has 0 spiro atoms. The van der Waals surface area contributed by atoms with E-state index in [9.17, 15) is 4.79 Å². The maximum atomic E-state index is 12.3. The topological polar surface area (TPSA) is 41.1 Å². The van der Waals surface area contributed by atoms with Gasteiger partial charge in [0.05, 0.1) is 0 Å². The highest BCUT2D eigenvalue weighted by Crippen LogP contribution is 2.17. The van der Waals surface area contributed by atoms with Crippen molar-refractivity contribution in [2.24, 2.45) is 0 Å². The summed E-state index contributed by atoms with van der Waals surface area (Å²) in [4.78, 5) is 12.3. The highest BCUT2D eigenvalue weighted by Gasteiger charge is 2.13. The maximum absolute atomic E-state index is 12.3. The minimum atomic E-state index is 0. The molecule has 2 N–H and O–H groups in total. The molecule has 0 aromatic heterocycles. The number of halogens is 1. The SMILES string of the molecule is Cc1cccc(C)c1C(=O)NCCNC1CCCCCC1.Cl. The van der Waals surface area contributed by atoms with Gasteiger partial charge in [0, 0.05) is 24.7 Å². The molecule has 2 rings (SSSR count). The second kappa shape index (κ2) is 9.86. The van der Waals surface area contributed by atoms with Crippen LogP contribution in [-0.4, -0.2) is 25.0 Å². The molecule has 22 heavy (non-hydrogen) atoms. The molecular formula is C18H29ClN2O. The van der Waals surface area contributed by atoms with E-state index in [-0.39, 0.29) is 18.3 Å². The van der Waals surface area contributed by atoms with Crippen molar-refractivity contribution in [3.63, 3.8) is 0 Å². The molecule has 0 atom stereocenters. The molecule has 1 aromatic carbocycles. The largest absolute Gasteiger partial charge is 0.351 e. The van der Waals surface area contributed by atoms with E-state index in [1.54, 1.807) is 0 Å². The van der Waals surface area contributed by atoms with Crippen molar-refractivity contribution < 1.29 is 4.79 Å². The molecule has 0 radical (unpaired) electrons. The fourth-order valence-corrected chi connectivity index (χ4v) is 3.20. The number of amides is 1. The molecule has 3 nitrogen and oxygen atoms in total. The van der Waals surface area contributed by atoms with Crippen LogP contribution in [0.2, 0.25) is 0 Å². The molecule has 124 valence electrons. The van der Waals surface area contributed by atoms with E-state index in [0.29, 0.717) is 12.6 Å². The molecule has 1 aliphatic carbocycles. The number of nitrogens with one attached hydrogen (secondary N) is 2. The van der Waals surface area contributed by atoms with Crippen molar-refractivity contribution in [1.82, 2.24) is 10.6 Å². The Balaban J connectivity index is 0.00000242. The first-order valence-electron chi connectivity index (χ1n) is 8.26. The van der Waals surface area contributed by atoms with Crippen LogP contribution in [-0.2, 0) is 0 Å². The molecule has 0 heterocycles. The molecule has 1 fully saturated rings. The first kappa shape index (κ1) is 19.0. The molecule has 0 unspecified atom stereocenters. The van der Waals surface area contributed by atoms with Gasteiger partial charge in [-0.3, -0.25) is 4.79 Å². The normalized spacial score (nSPS) is 15.7. The molecule has 0 bridgehead atoms. The summed E-state index contributed by atoms with van der Waals surface area (Å²) in [6, 6.07) is 6.62. The predicted molar refractivity (Wildman–Crippen MR) is 95.0 cm³/mol. The van der Waals surface area contributed by atoms with Gasteiger partial charge < -0.3 is 10.6 Å². The smallest absolute Gasteiger partial charge is 0.251 e. The van der Waals surface area contributed by atoms with E-state index in [4.69, 9.17) is 0 Å². The van der Waals surface area contributed by atoms with Gasteiger partial charge in [0.15, 0.2) is 0 Å². The van der Waals surface area contributed by atoms with Gasteiger partial charge in [-0.05, 0) is 37.8 Å². The van der Waals surface area contributed by atoms with Gasteiger partial charge >= 0.3 is 0 Å². The van der Waals surface area contributed by atoms with Crippen LogP contribution in [0.3, 0.4) is 0 Å². The first-order valence-corrected chi connectivity index (χ1v) is 8.26. The number of hydrogen-bond acceptors (Lipinski definition) is 2. The van der Waals surface area contributed by atoms with Crippen molar-refractivity contribution in [2.45, 2.75) is 58.4 Å². The second-order valence-corrected chi connectivity index (χ2v) is 6.17. The molecule has 0 aliphatic heterocycles. The van der Waals surface area contributed by atoms with Gasteiger partial charge in [0.2, 0.25) is 0 Å². The van der Waals surface area contributed by atoms with Gasteiger partial charge in [-0.15, -0.1) is 12.4 Å². The third-order valence-corrected chi connectivity index (χ3v) is 4.41.